The van der Waals surface area contributed by atoms with E-state index in [0.29, 0.717) is 49.9 Å². The number of esters is 2. The van der Waals surface area contributed by atoms with E-state index in [-0.39, 0.29) is 32.3 Å². The minimum absolute atomic E-state index is 0.126. The predicted octanol–water partition coefficient (Wildman–Crippen LogP) is 6.80. The van der Waals surface area contributed by atoms with Crippen molar-refractivity contribution in [3.63, 3.8) is 0 Å². The van der Waals surface area contributed by atoms with E-state index in [1.54, 1.807) is 13.8 Å². The van der Waals surface area contributed by atoms with Crippen LogP contribution in [0.5, 0.6) is 5.75 Å². The lowest BCUT2D eigenvalue weighted by atomic mass is 9.93. The van der Waals surface area contributed by atoms with Crippen LogP contribution in [0.4, 0.5) is 0 Å². The molecule has 0 radical (unpaired) electrons. The molecule has 0 aliphatic carbocycles. The average Bonchev–Trinajstić information content (AvgIpc) is 3.04. The van der Waals surface area contributed by atoms with Crippen molar-refractivity contribution in [2.45, 2.75) is 52.9 Å². The Bertz CT molecular complexity index is 1380. The van der Waals surface area contributed by atoms with Crippen molar-refractivity contribution in [2.75, 3.05) is 33.0 Å². The first-order valence-corrected chi connectivity index (χ1v) is 15.5. The summed E-state index contributed by atoms with van der Waals surface area (Å²) >= 11 is 0. The van der Waals surface area contributed by atoms with E-state index in [2.05, 4.69) is 80.7 Å². The van der Waals surface area contributed by atoms with Crippen molar-refractivity contribution in [1.29, 1.82) is 0 Å². The predicted molar refractivity (Wildman–Crippen MR) is 178 cm³/mol. The van der Waals surface area contributed by atoms with Crippen molar-refractivity contribution in [3.8, 4) is 28.0 Å². The Morgan fingerprint density at radius 3 is 1.53 bits per heavy atom. The first-order valence-electron chi connectivity index (χ1n) is 15.5. The smallest absolute Gasteiger partial charge is 0.333 e. The molecule has 2 N–H and O–H groups in total. The van der Waals surface area contributed by atoms with Gasteiger partial charge in [0, 0.05) is 30.3 Å². The van der Waals surface area contributed by atoms with Crippen molar-refractivity contribution in [2.24, 2.45) is 5.92 Å². The van der Waals surface area contributed by atoms with E-state index in [4.69, 9.17) is 14.2 Å². The number of aliphatic hydroxyl groups is 2. The van der Waals surface area contributed by atoms with Crippen molar-refractivity contribution in [1.82, 2.24) is 0 Å². The molecule has 0 bridgehead atoms. The Morgan fingerprint density at radius 2 is 1.11 bits per heavy atom. The van der Waals surface area contributed by atoms with Gasteiger partial charge in [-0.3, -0.25) is 0 Å². The van der Waals surface area contributed by atoms with Gasteiger partial charge in [-0.05, 0) is 98.4 Å². The molecule has 0 heterocycles. The fourth-order valence-corrected chi connectivity index (χ4v) is 4.75. The van der Waals surface area contributed by atoms with Gasteiger partial charge >= 0.3 is 11.9 Å². The van der Waals surface area contributed by atoms with Gasteiger partial charge in [0.05, 0.1) is 19.8 Å². The van der Waals surface area contributed by atoms with Gasteiger partial charge in [0.2, 0.25) is 0 Å². The zero-order valence-corrected chi connectivity index (χ0v) is 26.8. The third-order valence-electron chi connectivity index (χ3n) is 7.48. The Labute approximate surface area is 267 Å². The molecule has 7 heteroatoms. The van der Waals surface area contributed by atoms with Gasteiger partial charge in [-0.1, -0.05) is 67.3 Å². The molecule has 0 atom stereocenters. The summed E-state index contributed by atoms with van der Waals surface area (Å²) in [5.41, 5.74) is 8.17. The summed E-state index contributed by atoms with van der Waals surface area (Å²) in [6, 6.07) is 21.1. The molecule has 0 saturated carbocycles. The Kier molecular flexibility index (Phi) is 14.1. The van der Waals surface area contributed by atoms with Crippen LogP contribution in [0, 0.1) is 12.8 Å². The highest BCUT2D eigenvalue weighted by atomic mass is 16.5. The fourth-order valence-electron chi connectivity index (χ4n) is 4.75. The van der Waals surface area contributed by atoms with Gasteiger partial charge in [-0.2, -0.15) is 0 Å². The molecule has 0 spiro atoms. The second-order valence-electron chi connectivity index (χ2n) is 11.5. The maximum atomic E-state index is 11.9. The van der Waals surface area contributed by atoms with Crippen LogP contribution in [-0.4, -0.2) is 55.2 Å². The minimum Gasteiger partial charge on any atom is -0.493 e. The average molecular weight is 615 g/mol. The van der Waals surface area contributed by atoms with E-state index in [1.807, 2.05) is 0 Å². The lowest BCUT2D eigenvalue weighted by molar-refractivity contribution is -0.139. The summed E-state index contributed by atoms with van der Waals surface area (Å²) in [5.74, 6) is -0.385. The van der Waals surface area contributed by atoms with E-state index in [1.165, 1.54) is 5.56 Å². The molecule has 3 aromatic carbocycles. The molecule has 0 aromatic heterocycles. The first-order chi connectivity index (χ1) is 21.6. The molecule has 3 rings (SSSR count). The SMILES string of the molecule is C=C(C)C(=O)OCCCc1cc(-c2ccc(-c3ccc(C)cc3)cc2)cc(CCCOC(=O)C(=C)C)c1OCCC(CO)CO. The second-order valence-corrected chi connectivity index (χ2v) is 11.5. The number of hydrogen-bond acceptors (Lipinski definition) is 7. The summed E-state index contributed by atoms with van der Waals surface area (Å²) in [6.45, 7) is 13.1. The third kappa shape index (κ3) is 11.0. The molecular formula is C38H46O7. The summed E-state index contributed by atoms with van der Waals surface area (Å²) in [4.78, 5) is 23.9. The van der Waals surface area contributed by atoms with Crippen LogP contribution in [0.25, 0.3) is 22.3 Å². The number of aryl methyl sites for hydroxylation is 3. The number of carbonyl (C=O) groups is 2. The van der Waals surface area contributed by atoms with Crippen LogP contribution in [0.3, 0.4) is 0 Å². The molecule has 0 fully saturated rings. The largest absolute Gasteiger partial charge is 0.493 e. The highest BCUT2D eigenvalue weighted by molar-refractivity contribution is 5.87. The van der Waals surface area contributed by atoms with Gasteiger partial charge in [-0.25, -0.2) is 9.59 Å². The molecule has 0 saturated heterocycles. The highest BCUT2D eigenvalue weighted by Crippen LogP contribution is 2.34. The van der Waals surface area contributed by atoms with E-state index >= 15 is 0 Å². The summed E-state index contributed by atoms with van der Waals surface area (Å²) in [5, 5.41) is 19.1. The molecule has 45 heavy (non-hydrogen) atoms. The number of aliphatic hydroxyl groups excluding tert-OH is 2. The molecule has 0 aliphatic heterocycles. The Balaban J connectivity index is 1.94. The Morgan fingerprint density at radius 1 is 0.689 bits per heavy atom. The molecule has 3 aromatic rings. The second kappa shape index (κ2) is 17.9. The third-order valence-corrected chi connectivity index (χ3v) is 7.48. The van der Waals surface area contributed by atoms with Crippen molar-refractivity contribution in [3.05, 3.63) is 102 Å². The zero-order chi connectivity index (χ0) is 32.8. The molecule has 0 aliphatic rings. The van der Waals surface area contributed by atoms with Crippen LogP contribution in [0.15, 0.2) is 85.0 Å². The number of ether oxygens (including phenoxy) is 3. The summed E-state index contributed by atoms with van der Waals surface area (Å²) in [6.07, 6.45) is 2.83. The fraction of sp³-hybridized carbons (Fsp3) is 0.368. The van der Waals surface area contributed by atoms with E-state index in [9.17, 15) is 19.8 Å². The molecular weight excluding hydrogens is 568 g/mol. The maximum Gasteiger partial charge on any atom is 0.333 e. The van der Waals surface area contributed by atoms with E-state index in [0.717, 1.165) is 39.1 Å². The summed E-state index contributed by atoms with van der Waals surface area (Å²) in [7, 11) is 0. The monoisotopic (exact) mass is 614 g/mol. The van der Waals surface area contributed by atoms with Crippen molar-refractivity contribution < 1.29 is 34.0 Å². The lowest BCUT2D eigenvalue weighted by Crippen LogP contribution is -2.16. The van der Waals surface area contributed by atoms with Gasteiger partial charge < -0.3 is 24.4 Å². The number of rotatable bonds is 18. The zero-order valence-electron chi connectivity index (χ0n) is 26.8. The molecule has 0 amide bonds. The quantitative estimate of drug-likeness (QED) is 0.0923. The van der Waals surface area contributed by atoms with Gasteiger partial charge in [0.25, 0.3) is 0 Å². The van der Waals surface area contributed by atoms with Gasteiger partial charge in [0.15, 0.2) is 0 Å². The van der Waals surface area contributed by atoms with Crippen molar-refractivity contribution >= 4 is 11.9 Å². The molecule has 0 unspecified atom stereocenters. The lowest BCUT2D eigenvalue weighted by Gasteiger charge is -2.20. The first kappa shape index (κ1) is 35.3. The van der Waals surface area contributed by atoms with Crippen LogP contribution < -0.4 is 4.74 Å². The molecule has 240 valence electrons. The van der Waals surface area contributed by atoms with Crippen LogP contribution >= 0.6 is 0 Å². The summed E-state index contributed by atoms with van der Waals surface area (Å²) < 4.78 is 17.0. The van der Waals surface area contributed by atoms with Gasteiger partial charge in [-0.15, -0.1) is 0 Å². The number of carbonyl (C=O) groups excluding carboxylic acids is 2. The van der Waals surface area contributed by atoms with Crippen LogP contribution in [0.1, 0.15) is 49.8 Å². The Hall–Kier alpha value is -4.20. The number of hydrogen-bond donors (Lipinski definition) is 2. The number of benzene rings is 3. The van der Waals surface area contributed by atoms with Crippen LogP contribution in [-0.2, 0) is 31.9 Å². The molecule has 7 nitrogen and oxygen atoms in total. The highest BCUT2D eigenvalue weighted by Gasteiger charge is 2.16. The topological polar surface area (TPSA) is 102 Å². The standard InChI is InChI=1S/C38H46O7/c1-26(2)37(41)44-19-6-8-33-22-35(32-16-14-31(15-17-32)30-12-10-28(5)11-13-30)23-34(9-7-20-45-38(42)27(3)4)36(33)43-21-18-29(24-39)25-40/h10-17,22-23,29,39-40H,1,3,6-9,18-21,24-25H2,2,4-5H3. The van der Waals surface area contributed by atoms with Gasteiger partial charge in [0.1, 0.15) is 5.75 Å². The normalized spacial score (nSPS) is 10.9. The maximum absolute atomic E-state index is 11.9. The van der Waals surface area contributed by atoms with E-state index < -0.39 is 11.9 Å². The van der Waals surface area contributed by atoms with Crippen LogP contribution in [0.2, 0.25) is 0 Å². The minimum atomic E-state index is -0.419.